The van der Waals surface area contributed by atoms with E-state index < -0.39 is 0 Å². The second-order valence-corrected chi connectivity index (χ2v) is 5.00. The number of hydrogen-bond acceptors (Lipinski definition) is 3. The lowest BCUT2D eigenvalue weighted by Crippen LogP contribution is -2.27. The third-order valence-corrected chi connectivity index (χ3v) is 3.37. The van der Waals surface area contributed by atoms with Gasteiger partial charge in [0, 0.05) is 25.3 Å². The van der Waals surface area contributed by atoms with Gasteiger partial charge in [-0.15, -0.1) is 0 Å². The topological polar surface area (TPSA) is 28.2 Å². The molecule has 1 fully saturated rings. The van der Waals surface area contributed by atoms with Crippen LogP contribution in [0.4, 0.5) is 5.82 Å². The van der Waals surface area contributed by atoms with Gasteiger partial charge in [-0.05, 0) is 37.9 Å². The Morgan fingerprint density at radius 2 is 2.29 bits per heavy atom. The van der Waals surface area contributed by atoms with Crippen molar-refractivity contribution in [2.75, 3.05) is 18.5 Å². The first-order valence-corrected chi connectivity index (χ1v) is 6.69. The van der Waals surface area contributed by atoms with Crippen LogP contribution in [0.25, 0.3) is 0 Å². The van der Waals surface area contributed by atoms with Gasteiger partial charge in [-0.1, -0.05) is 18.5 Å². The van der Waals surface area contributed by atoms with Gasteiger partial charge in [-0.2, -0.15) is 0 Å². The van der Waals surface area contributed by atoms with Crippen molar-refractivity contribution >= 4 is 17.4 Å². The summed E-state index contributed by atoms with van der Waals surface area (Å²) in [5.41, 5.74) is 1.13. The first-order chi connectivity index (χ1) is 8.26. The number of nitrogens with one attached hydrogen (secondary N) is 1. The van der Waals surface area contributed by atoms with Crippen LogP contribution in [0.2, 0.25) is 5.02 Å². The summed E-state index contributed by atoms with van der Waals surface area (Å²) < 4.78 is 0. The highest BCUT2D eigenvalue weighted by Gasteiger charge is 2.29. The molecule has 1 N–H and O–H groups in total. The van der Waals surface area contributed by atoms with Gasteiger partial charge in [0.15, 0.2) is 0 Å². The number of aromatic nitrogens is 1. The quantitative estimate of drug-likeness (QED) is 0.845. The Hall–Kier alpha value is -0.800. The van der Waals surface area contributed by atoms with Gasteiger partial charge in [-0.25, -0.2) is 4.98 Å². The van der Waals surface area contributed by atoms with Crippen molar-refractivity contribution in [3.63, 3.8) is 0 Å². The molecule has 17 heavy (non-hydrogen) atoms. The minimum atomic E-state index is 0.700. The molecule has 3 nitrogen and oxygen atoms in total. The molecule has 0 atom stereocenters. The van der Waals surface area contributed by atoms with Crippen molar-refractivity contribution in [1.82, 2.24) is 10.3 Å². The summed E-state index contributed by atoms with van der Waals surface area (Å²) in [5, 5.41) is 3.88. The van der Waals surface area contributed by atoms with Crippen LogP contribution in [0.3, 0.4) is 0 Å². The number of pyridine rings is 1. The van der Waals surface area contributed by atoms with Crippen molar-refractivity contribution in [1.29, 1.82) is 0 Å². The largest absolute Gasteiger partial charge is 0.354 e. The van der Waals surface area contributed by atoms with Crippen molar-refractivity contribution in [2.24, 2.45) is 0 Å². The lowest BCUT2D eigenvalue weighted by Gasteiger charge is -2.23. The number of anilines is 1. The van der Waals surface area contributed by atoms with E-state index in [9.17, 15) is 0 Å². The molecule has 0 amide bonds. The predicted molar refractivity (Wildman–Crippen MR) is 72.7 cm³/mol. The molecule has 1 aliphatic carbocycles. The highest BCUT2D eigenvalue weighted by atomic mass is 35.5. The Morgan fingerprint density at radius 3 is 2.88 bits per heavy atom. The summed E-state index contributed by atoms with van der Waals surface area (Å²) in [6, 6.07) is 2.82. The summed E-state index contributed by atoms with van der Waals surface area (Å²) in [6.07, 6.45) is 5.52. The van der Waals surface area contributed by atoms with Crippen LogP contribution in [0.1, 0.15) is 31.7 Å². The molecular formula is C13H20ClN3. The van der Waals surface area contributed by atoms with Crippen LogP contribution in [-0.2, 0) is 6.54 Å². The second-order valence-electron chi connectivity index (χ2n) is 4.59. The standard InChI is InChI=1S/C13H20ClN3/c1-3-6-17(11-4-5-11)13-7-10(8-15-2)12(14)9-16-13/h7,9,11,15H,3-6,8H2,1-2H3. The van der Waals surface area contributed by atoms with Crippen molar-refractivity contribution in [3.05, 3.63) is 22.8 Å². The van der Waals surface area contributed by atoms with E-state index in [1.165, 1.54) is 12.8 Å². The Bertz CT molecular complexity index is 377. The molecule has 0 radical (unpaired) electrons. The Balaban J connectivity index is 2.20. The summed E-state index contributed by atoms with van der Waals surface area (Å²) in [5.74, 6) is 1.07. The molecule has 0 bridgehead atoms. The summed E-state index contributed by atoms with van der Waals surface area (Å²) in [6.45, 7) is 4.08. The van der Waals surface area contributed by atoms with E-state index in [-0.39, 0.29) is 0 Å². The average molecular weight is 254 g/mol. The molecule has 0 aliphatic heterocycles. The number of halogens is 1. The van der Waals surface area contributed by atoms with E-state index in [0.717, 1.165) is 35.9 Å². The fourth-order valence-corrected chi connectivity index (χ4v) is 2.23. The Kier molecular flexibility index (Phi) is 4.24. The van der Waals surface area contributed by atoms with Gasteiger partial charge < -0.3 is 10.2 Å². The molecule has 4 heteroatoms. The van der Waals surface area contributed by atoms with Crippen molar-refractivity contribution < 1.29 is 0 Å². The average Bonchev–Trinajstić information content (AvgIpc) is 3.14. The van der Waals surface area contributed by atoms with Gasteiger partial charge in [0.1, 0.15) is 5.82 Å². The van der Waals surface area contributed by atoms with E-state index >= 15 is 0 Å². The van der Waals surface area contributed by atoms with Crippen LogP contribution in [0.5, 0.6) is 0 Å². The van der Waals surface area contributed by atoms with Gasteiger partial charge in [0.05, 0.1) is 5.02 Å². The summed E-state index contributed by atoms with van der Waals surface area (Å²) in [7, 11) is 1.93. The molecule has 1 aromatic rings. The van der Waals surface area contributed by atoms with Crippen LogP contribution in [0, 0.1) is 0 Å². The Morgan fingerprint density at radius 1 is 1.53 bits per heavy atom. The third kappa shape index (κ3) is 3.11. The van der Waals surface area contributed by atoms with E-state index in [4.69, 9.17) is 11.6 Å². The smallest absolute Gasteiger partial charge is 0.129 e. The number of nitrogens with zero attached hydrogens (tertiary/aromatic N) is 2. The maximum absolute atomic E-state index is 6.13. The van der Waals surface area contributed by atoms with Gasteiger partial charge in [-0.3, -0.25) is 0 Å². The van der Waals surface area contributed by atoms with E-state index in [1.807, 2.05) is 7.05 Å². The summed E-state index contributed by atoms with van der Waals surface area (Å²) in [4.78, 5) is 6.88. The van der Waals surface area contributed by atoms with Crippen LogP contribution >= 0.6 is 11.6 Å². The maximum atomic E-state index is 6.13. The zero-order valence-electron chi connectivity index (χ0n) is 10.5. The molecule has 94 valence electrons. The van der Waals surface area contributed by atoms with Crippen molar-refractivity contribution in [3.8, 4) is 0 Å². The van der Waals surface area contributed by atoms with E-state index in [1.54, 1.807) is 6.20 Å². The van der Waals surface area contributed by atoms with E-state index in [0.29, 0.717) is 6.04 Å². The molecule has 0 aromatic carbocycles. The fraction of sp³-hybridized carbons (Fsp3) is 0.615. The third-order valence-electron chi connectivity index (χ3n) is 3.03. The minimum Gasteiger partial charge on any atom is -0.354 e. The highest BCUT2D eigenvalue weighted by molar-refractivity contribution is 6.31. The summed E-state index contributed by atoms with van der Waals surface area (Å²) >= 11 is 6.13. The Labute approximate surface area is 108 Å². The number of rotatable bonds is 6. The molecule has 1 aromatic heterocycles. The predicted octanol–water partition coefficient (Wildman–Crippen LogP) is 2.83. The first kappa shape index (κ1) is 12.7. The van der Waals surface area contributed by atoms with Crippen LogP contribution < -0.4 is 10.2 Å². The van der Waals surface area contributed by atoms with Gasteiger partial charge in [0.25, 0.3) is 0 Å². The molecular weight excluding hydrogens is 234 g/mol. The normalized spacial score (nSPS) is 15.0. The van der Waals surface area contributed by atoms with Crippen LogP contribution in [0.15, 0.2) is 12.3 Å². The maximum Gasteiger partial charge on any atom is 0.129 e. The first-order valence-electron chi connectivity index (χ1n) is 6.32. The lowest BCUT2D eigenvalue weighted by atomic mass is 10.2. The number of hydrogen-bond donors (Lipinski definition) is 1. The molecule has 0 unspecified atom stereocenters. The molecule has 2 rings (SSSR count). The van der Waals surface area contributed by atoms with Crippen LogP contribution in [-0.4, -0.2) is 24.6 Å². The molecule has 1 heterocycles. The minimum absolute atomic E-state index is 0.700. The monoisotopic (exact) mass is 253 g/mol. The molecule has 0 saturated heterocycles. The second kappa shape index (κ2) is 5.69. The van der Waals surface area contributed by atoms with Crippen molar-refractivity contribution in [2.45, 2.75) is 38.8 Å². The SMILES string of the molecule is CCCN(c1cc(CNC)c(Cl)cn1)C1CC1. The van der Waals surface area contributed by atoms with Gasteiger partial charge >= 0.3 is 0 Å². The molecule has 1 aliphatic rings. The zero-order chi connectivity index (χ0) is 12.3. The molecule has 0 spiro atoms. The highest BCUT2D eigenvalue weighted by Crippen LogP contribution is 2.32. The van der Waals surface area contributed by atoms with Gasteiger partial charge in [0.2, 0.25) is 0 Å². The fourth-order valence-electron chi connectivity index (χ4n) is 2.06. The lowest BCUT2D eigenvalue weighted by molar-refractivity contribution is 0.746. The van der Waals surface area contributed by atoms with E-state index in [2.05, 4.69) is 28.2 Å². The molecule has 1 saturated carbocycles. The zero-order valence-corrected chi connectivity index (χ0v) is 11.3.